The molecule has 1 aliphatic heterocycles. The average molecular weight is 195 g/mol. The highest BCUT2D eigenvalue weighted by atomic mass is 16.6. The van der Waals surface area contributed by atoms with E-state index >= 15 is 0 Å². The van der Waals surface area contributed by atoms with E-state index in [4.69, 9.17) is 9.47 Å². The van der Waals surface area contributed by atoms with Gasteiger partial charge in [0.15, 0.2) is 5.75 Å². The van der Waals surface area contributed by atoms with Gasteiger partial charge in [-0.25, -0.2) is 4.98 Å². The van der Waals surface area contributed by atoms with Crippen molar-refractivity contribution in [1.29, 1.82) is 0 Å². The van der Waals surface area contributed by atoms with Crippen molar-refractivity contribution in [1.82, 2.24) is 4.98 Å². The number of nitrogens with zero attached hydrogens (tertiary/aromatic N) is 1. The molecule has 0 atom stereocenters. The van der Waals surface area contributed by atoms with E-state index < -0.39 is 0 Å². The van der Waals surface area contributed by atoms with Gasteiger partial charge in [0.1, 0.15) is 13.2 Å². The summed E-state index contributed by atoms with van der Waals surface area (Å²) in [6, 6.07) is 1.97. The fourth-order valence-electron chi connectivity index (χ4n) is 1.16. The molecular weight excluding hydrogens is 178 g/mol. The van der Waals surface area contributed by atoms with Crippen molar-refractivity contribution in [3.63, 3.8) is 0 Å². The number of ether oxygens (including phenoxy) is 2. The first-order valence-corrected chi connectivity index (χ1v) is 5.01. The Kier molecular flexibility index (Phi) is 3.74. The largest absolute Gasteiger partial charge is 0.484 e. The van der Waals surface area contributed by atoms with E-state index in [2.05, 4.69) is 4.98 Å². The SMILES string of the molecule is CC.Cc1cc2c(nc1C)OCCO2. The number of pyridine rings is 1. The Balaban J connectivity index is 0.000000461. The Morgan fingerprint density at radius 2 is 1.79 bits per heavy atom. The topological polar surface area (TPSA) is 31.4 Å². The minimum Gasteiger partial charge on any atom is -0.484 e. The zero-order valence-electron chi connectivity index (χ0n) is 9.26. The highest BCUT2D eigenvalue weighted by molar-refractivity contribution is 5.39. The molecule has 0 aromatic carbocycles. The second-order valence-electron chi connectivity index (χ2n) is 2.89. The van der Waals surface area contributed by atoms with Crippen LogP contribution < -0.4 is 9.47 Å². The normalized spacial score (nSPS) is 12.9. The monoisotopic (exact) mass is 195 g/mol. The number of fused-ring (bicyclic) bond motifs is 1. The molecule has 3 nitrogen and oxygen atoms in total. The van der Waals surface area contributed by atoms with E-state index in [0.717, 1.165) is 17.0 Å². The quantitative estimate of drug-likeness (QED) is 0.637. The molecular formula is C11H17NO2. The molecule has 0 fully saturated rings. The van der Waals surface area contributed by atoms with Crippen LogP contribution in [-0.4, -0.2) is 18.2 Å². The molecule has 0 radical (unpaired) electrons. The van der Waals surface area contributed by atoms with Gasteiger partial charge in [0.25, 0.3) is 5.88 Å². The van der Waals surface area contributed by atoms with Crippen LogP contribution in [-0.2, 0) is 0 Å². The zero-order chi connectivity index (χ0) is 10.6. The predicted molar refractivity (Wildman–Crippen MR) is 56.0 cm³/mol. The minimum atomic E-state index is 0.600. The number of aromatic nitrogens is 1. The maximum atomic E-state index is 5.37. The van der Waals surface area contributed by atoms with Crippen molar-refractivity contribution in [2.75, 3.05) is 13.2 Å². The summed E-state index contributed by atoms with van der Waals surface area (Å²) in [6.45, 7) is 9.20. The van der Waals surface area contributed by atoms with Crippen molar-refractivity contribution >= 4 is 0 Å². The summed E-state index contributed by atoms with van der Waals surface area (Å²) in [5, 5.41) is 0. The first-order chi connectivity index (χ1) is 6.77. The molecule has 2 rings (SSSR count). The zero-order valence-corrected chi connectivity index (χ0v) is 9.26. The van der Waals surface area contributed by atoms with Crippen molar-refractivity contribution in [2.45, 2.75) is 27.7 Å². The molecule has 0 spiro atoms. The van der Waals surface area contributed by atoms with Gasteiger partial charge >= 0.3 is 0 Å². The molecule has 78 valence electrons. The molecule has 14 heavy (non-hydrogen) atoms. The molecule has 1 aliphatic rings. The number of aryl methyl sites for hydroxylation is 2. The predicted octanol–water partition coefficient (Wildman–Crippen LogP) is 2.50. The summed E-state index contributed by atoms with van der Waals surface area (Å²) in [6.07, 6.45) is 0. The maximum Gasteiger partial charge on any atom is 0.257 e. The maximum absolute atomic E-state index is 5.37. The van der Waals surface area contributed by atoms with E-state index in [0.29, 0.717) is 19.1 Å². The lowest BCUT2D eigenvalue weighted by Crippen LogP contribution is -2.16. The van der Waals surface area contributed by atoms with Crippen molar-refractivity contribution in [3.05, 3.63) is 17.3 Å². The fourth-order valence-corrected chi connectivity index (χ4v) is 1.16. The van der Waals surface area contributed by atoms with Gasteiger partial charge in [0.2, 0.25) is 0 Å². The van der Waals surface area contributed by atoms with Gasteiger partial charge < -0.3 is 9.47 Å². The third-order valence-electron chi connectivity index (χ3n) is 1.98. The Morgan fingerprint density at radius 1 is 1.14 bits per heavy atom. The van der Waals surface area contributed by atoms with E-state index in [-0.39, 0.29) is 0 Å². The summed E-state index contributed by atoms with van der Waals surface area (Å²) >= 11 is 0. The van der Waals surface area contributed by atoms with Gasteiger partial charge in [-0.2, -0.15) is 0 Å². The summed E-state index contributed by atoms with van der Waals surface area (Å²) in [4.78, 5) is 4.27. The molecule has 0 unspecified atom stereocenters. The Morgan fingerprint density at radius 3 is 2.50 bits per heavy atom. The second-order valence-corrected chi connectivity index (χ2v) is 2.89. The molecule has 0 saturated carbocycles. The average Bonchev–Trinajstić information content (AvgIpc) is 2.23. The van der Waals surface area contributed by atoms with Crippen LogP contribution in [0.1, 0.15) is 25.1 Å². The van der Waals surface area contributed by atoms with Crippen molar-refractivity contribution < 1.29 is 9.47 Å². The highest BCUT2D eigenvalue weighted by Crippen LogP contribution is 2.29. The molecule has 1 aromatic rings. The van der Waals surface area contributed by atoms with Gasteiger partial charge in [0.05, 0.1) is 0 Å². The lowest BCUT2D eigenvalue weighted by atomic mass is 10.2. The molecule has 2 heterocycles. The molecule has 3 heteroatoms. The van der Waals surface area contributed by atoms with E-state index in [1.54, 1.807) is 0 Å². The standard InChI is InChI=1S/C9H11NO2.C2H6/c1-6-5-8-9(10-7(6)2)12-4-3-11-8;1-2/h5H,3-4H2,1-2H3;1-2H3. The lowest BCUT2D eigenvalue weighted by Gasteiger charge is -2.18. The van der Waals surface area contributed by atoms with E-state index in [1.807, 2.05) is 33.8 Å². The van der Waals surface area contributed by atoms with Gasteiger partial charge in [-0.1, -0.05) is 13.8 Å². The van der Waals surface area contributed by atoms with Crippen LogP contribution in [0.25, 0.3) is 0 Å². The van der Waals surface area contributed by atoms with Gasteiger partial charge in [-0.15, -0.1) is 0 Å². The van der Waals surface area contributed by atoms with Crippen LogP contribution in [0.4, 0.5) is 0 Å². The van der Waals surface area contributed by atoms with E-state index in [1.165, 1.54) is 0 Å². The van der Waals surface area contributed by atoms with Crippen molar-refractivity contribution in [3.8, 4) is 11.6 Å². The second kappa shape index (κ2) is 4.84. The summed E-state index contributed by atoms with van der Waals surface area (Å²) in [5.74, 6) is 1.40. The Hall–Kier alpha value is -1.25. The molecule has 0 bridgehead atoms. The van der Waals surface area contributed by atoms with Crippen LogP contribution in [0.5, 0.6) is 11.6 Å². The van der Waals surface area contributed by atoms with Gasteiger partial charge in [0, 0.05) is 5.69 Å². The first-order valence-electron chi connectivity index (χ1n) is 5.01. The number of hydrogen-bond acceptors (Lipinski definition) is 3. The summed E-state index contributed by atoms with van der Waals surface area (Å²) in [5.41, 5.74) is 2.14. The molecule has 0 N–H and O–H groups in total. The third kappa shape index (κ3) is 2.16. The summed E-state index contributed by atoms with van der Waals surface area (Å²) < 4.78 is 10.7. The Labute approximate surface area is 85.1 Å². The van der Waals surface area contributed by atoms with Crippen LogP contribution in [0.15, 0.2) is 6.07 Å². The van der Waals surface area contributed by atoms with Crippen LogP contribution >= 0.6 is 0 Å². The number of rotatable bonds is 0. The Bertz CT molecular complexity index is 279. The molecule has 0 saturated heterocycles. The van der Waals surface area contributed by atoms with Crippen LogP contribution in [0, 0.1) is 13.8 Å². The lowest BCUT2D eigenvalue weighted by molar-refractivity contribution is 0.164. The highest BCUT2D eigenvalue weighted by Gasteiger charge is 2.13. The van der Waals surface area contributed by atoms with Gasteiger partial charge in [-0.05, 0) is 25.5 Å². The molecule has 1 aromatic heterocycles. The first kappa shape index (κ1) is 10.8. The molecule has 0 amide bonds. The fraction of sp³-hybridized carbons (Fsp3) is 0.545. The molecule has 0 aliphatic carbocycles. The van der Waals surface area contributed by atoms with Gasteiger partial charge in [-0.3, -0.25) is 0 Å². The number of hydrogen-bond donors (Lipinski definition) is 0. The minimum absolute atomic E-state index is 0.600. The van der Waals surface area contributed by atoms with Crippen LogP contribution in [0.3, 0.4) is 0 Å². The smallest absolute Gasteiger partial charge is 0.257 e. The summed E-state index contributed by atoms with van der Waals surface area (Å²) in [7, 11) is 0. The van der Waals surface area contributed by atoms with E-state index in [9.17, 15) is 0 Å². The van der Waals surface area contributed by atoms with Crippen LogP contribution in [0.2, 0.25) is 0 Å². The van der Waals surface area contributed by atoms with Crippen molar-refractivity contribution in [2.24, 2.45) is 0 Å². The third-order valence-corrected chi connectivity index (χ3v) is 1.98.